The van der Waals surface area contributed by atoms with Crippen LogP contribution in [0.5, 0.6) is 0 Å². The second kappa shape index (κ2) is 10.6. The Morgan fingerprint density at radius 3 is 2.04 bits per heavy atom. The molecule has 1 saturated carbocycles. The minimum Gasteiger partial charge on any atom is -0.349 e. The van der Waals surface area contributed by atoms with Gasteiger partial charge in [-0.3, -0.25) is 0 Å². The van der Waals surface area contributed by atoms with Crippen molar-refractivity contribution in [3.05, 3.63) is 29.3 Å². The summed E-state index contributed by atoms with van der Waals surface area (Å²) in [6.45, 7) is 6.59. The third-order valence-corrected chi connectivity index (χ3v) is 7.32. The Hall–Kier alpha value is -1.13. The number of piperidine rings is 1. The average Bonchev–Trinajstić information content (AvgIpc) is 3.03. The highest BCUT2D eigenvalue weighted by molar-refractivity contribution is 7.80. The maximum absolute atomic E-state index is 5.82. The molecule has 0 spiro atoms. The molecule has 0 radical (unpaired) electrons. The predicted octanol–water partition coefficient (Wildman–Crippen LogP) is 5.63. The van der Waals surface area contributed by atoms with E-state index >= 15 is 0 Å². The molecule has 1 aliphatic carbocycles. The van der Waals surface area contributed by atoms with Gasteiger partial charge in [-0.1, -0.05) is 57.7 Å². The van der Waals surface area contributed by atoms with Crippen LogP contribution in [0.25, 0.3) is 0 Å². The van der Waals surface area contributed by atoms with Crippen LogP contribution in [0.1, 0.15) is 76.3 Å². The molecule has 0 atom stereocenters. The van der Waals surface area contributed by atoms with Crippen molar-refractivity contribution in [1.82, 2.24) is 9.80 Å². The summed E-state index contributed by atoms with van der Waals surface area (Å²) in [6, 6.07) is 8.13. The number of likely N-dealkylation sites (tertiary alicyclic amines) is 1. The third kappa shape index (κ3) is 5.27. The van der Waals surface area contributed by atoms with E-state index < -0.39 is 0 Å². The first kappa shape index (κ1) is 21.6. The van der Waals surface area contributed by atoms with Crippen molar-refractivity contribution >= 4 is 23.0 Å². The lowest BCUT2D eigenvalue weighted by Gasteiger charge is -2.41. The van der Waals surface area contributed by atoms with Gasteiger partial charge in [-0.2, -0.15) is 0 Å². The molecular formula is C24H39N3S. The van der Waals surface area contributed by atoms with Crippen LogP contribution in [0.4, 0.5) is 5.69 Å². The van der Waals surface area contributed by atoms with E-state index in [0.717, 1.165) is 43.1 Å². The maximum Gasteiger partial charge on any atom is 0.173 e. The summed E-state index contributed by atoms with van der Waals surface area (Å²) in [5, 5.41) is 4.52. The summed E-state index contributed by atoms with van der Waals surface area (Å²) in [6.07, 6.45) is 13.0. The molecule has 0 bridgehead atoms. The van der Waals surface area contributed by atoms with Crippen LogP contribution >= 0.6 is 12.2 Å². The smallest absolute Gasteiger partial charge is 0.173 e. The summed E-state index contributed by atoms with van der Waals surface area (Å²) >= 11 is 5.82. The van der Waals surface area contributed by atoms with Gasteiger partial charge < -0.3 is 15.1 Å². The minimum atomic E-state index is 0.719. The fourth-order valence-corrected chi connectivity index (χ4v) is 5.31. The lowest BCUT2D eigenvalue weighted by molar-refractivity contribution is 0.111. The zero-order chi connectivity index (χ0) is 19.9. The number of hydrogen-bond donors (Lipinski definition) is 1. The Labute approximate surface area is 177 Å². The van der Waals surface area contributed by atoms with Crippen molar-refractivity contribution in [1.29, 1.82) is 0 Å². The zero-order valence-corrected chi connectivity index (χ0v) is 19.0. The number of nitrogens with one attached hydrogen (secondary N) is 1. The molecule has 1 N–H and O–H groups in total. The van der Waals surface area contributed by atoms with Gasteiger partial charge in [-0.05, 0) is 68.9 Å². The van der Waals surface area contributed by atoms with Crippen molar-refractivity contribution in [2.45, 2.75) is 90.1 Å². The lowest BCUT2D eigenvalue weighted by Crippen LogP contribution is -2.49. The summed E-state index contributed by atoms with van der Waals surface area (Å²) in [7, 11) is 2.37. The number of rotatable bonds is 5. The second-order valence-corrected chi connectivity index (χ2v) is 9.00. The summed E-state index contributed by atoms with van der Waals surface area (Å²) in [4.78, 5) is 5.10. The molecule has 4 heteroatoms. The predicted molar refractivity (Wildman–Crippen MR) is 125 cm³/mol. The van der Waals surface area contributed by atoms with E-state index in [1.54, 1.807) is 0 Å². The van der Waals surface area contributed by atoms with Crippen LogP contribution in [0.2, 0.25) is 0 Å². The number of nitrogens with zero attached hydrogens (tertiary/aromatic N) is 2. The molecule has 2 aliphatic rings. The van der Waals surface area contributed by atoms with Gasteiger partial charge in [0.1, 0.15) is 0 Å². The fraction of sp³-hybridized carbons (Fsp3) is 0.708. The summed E-state index contributed by atoms with van der Waals surface area (Å²) in [5.41, 5.74) is 3.98. The topological polar surface area (TPSA) is 18.5 Å². The van der Waals surface area contributed by atoms with E-state index in [0.29, 0.717) is 0 Å². The van der Waals surface area contributed by atoms with Crippen molar-refractivity contribution in [3.63, 3.8) is 0 Å². The van der Waals surface area contributed by atoms with Crippen LogP contribution < -0.4 is 5.32 Å². The van der Waals surface area contributed by atoms with Crippen molar-refractivity contribution in [2.24, 2.45) is 0 Å². The molecule has 156 valence electrons. The first-order valence-electron chi connectivity index (χ1n) is 11.5. The van der Waals surface area contributed by atoms with Gasteiger partial charge in [-0.15, -0.1) is 0 Å². The molecule has 1 aliphatic heterocycles. The monoisotopic (exact) mass is 401 g/mol. The van der Waals surface area contributed by atoms with Gasteiger partial charge in [0, 0.05) is 30.9 Å². The molecule has 3 rings (SSSR count). The van der Waals surface area contributed by atoms with Crippen LogP contribution in [0, 0.1) is 0 Å². The number of para-hydroxylation sites is 1. The molecule has 0 aromatic heterocycles. The highest BCUT2D eigenvalue weighted by Crippen LogP contribution is 2.27. The van der Waals surface area contributed by atoms with Gasteiger partial charge in [0.05, 0.1) is 0 Å². The van der Waals surface area contributed by atoms with E-state index in [1.165, 1.54) is 68.2 Å². The Morgan fingerprint density at radius 2 is 1.50 bits per heavy atom. The zero-order valence-electron chi connectivity index (χ0n) is 18.2. The molecule has 28 heavy (non-hydrogen) atoms. The Morgan fingerprint density at radius 1 is 0.964 bits per heavy atom. The molecule has 0 unspecified atom stereocenters. The van der Waals surface area contributed by atoms with Crippen molar-refractivity contribution in [2.75, 3.05) is 25.5 Å². The van der Waals surface area contributed by atoms with E-state index in [9.17, 15) is 0 Å². The van der Waals surface area contributed by atoms with Crippen molar-refractivity contribution < 1.29 is 0 Å². The highest BCUT2D eigenvalue weighted by Gasteiger charge is 2.28. The SMILES string of the molecule is CCc1cccc(CC)c1NC(=S)N1CCC(N(C)C2CCCCCC2)CC1. The number of anilines is 1. The van der Waals surface area contributed by atoms with Crippen LogP contribution in [-0.2, 0) is 12.8 Å². The number of hydrogen-bond acceptors (Lipinski definition) is 2. The lowest BCUT2D eigenvalue weighted by atomic mass is 9.99. The maximum atomic E-state index is 5.82. The van der Waals surface area contributed by atoms with E-state index in [1.807, 2.05) is 0 Å². The average molecular weight is 402 g/mol. The minimum absolute atomic E-state index is 0.719. The quantitative estimate of drug-likeness (QED) is 0.509. The van der Waals surface area contributed by atoms with Gasteiger partial charge in [0.2, 0.25) is 0 Å². The van der Waals surface area contributed by atoms with Crippen LogP contribution in [0.3, 0.4) is 0 Å². The number of aryl methyl sites for hydroxylation is 2. The molecule has 1 aromatic carbocycles. The Balaban J connectivity index is 1.55. The van der Waals surface area contributed by atoms with E-state index in [2.05, 4.69) is 54.2 Å². The largest absolute Gasteiger partial charge is 0.349 e. The second-order valence-electron chi connectivity index (χ2n) is 8.62. The molecule has 3 nitrogen and oxygen atoms in total. The first-order valence-corrected chi connectivity index (χ1v) is 11.9. The molecule has 0 amide bonds. The van der Waals surface area contributed by atoms with Gasteiger partial charge in [-0.25, -0.2) is 0 Å². The standard InChI is InChI=1S/C24H39N3S/c1-4-19-11-10-12-20(5-2)23(19)25-24(28)27-17-15-22(16-18-27)26(3)21-13-8-6-7-9-14-21/h10-12,21-22H,4-9,13-18H2,1-3H3,(H,25,28). The van der Waals surface area contributed by atoms with Crippen molar-refractivity contribution in [3.8, 4) is 0 Å². The first-order chi connectivity index (χ1) is 13.6. The fourth-order valence-electron chi connectivity index (χ4n) is 5.03. The number of thiocarbonyl (C=S) groups is 1. The molecule has 2 fully saturated rings. The molecule has 1 heterocycles. The Kier molecular flexibility index (Phi) is 8.16. The van der Waals surface area contributed by atoms with E-state index in [4.69, 9.17) is 12.2 Å². The third-order valence-electron chi connectivity index (χ3n) is 6.96. The molecule has 1 aromatic rings. The summed E-state index contributed by atoms with van der Waals surface area (Å²) in [5.74, 6) is 0. The van der Waals surface area contributed by atoms with Gasteiger partial charge >= 0.3 is 0 Å². The van der Waals surface area contributed by atoms with Crippen LogP contribution in [0.15, 0.2) is 18.2 Å². The Bertz CT molecular complexity index is 606. The number of benzene rings is 1. The normalized spacial score (nSPS) is 19.6. The highest BCUT2D eigenvalue weighted by atomic mass is 32.1. The molecular weight excluding hydrogens is 362 g/mol. The van der Waals surface area contributed by atoms with Gasteiger partial charge in [0.25, 0.3) is 0 Å². The van der Waals surface area contributed by atoms with E-state index in [-0.39, 0.29) is 0 Å². The van der Waals surface area contributed by atoms with Gasteiger partial charge in [0.15, 0.2) is 5.11 Å². The molecule has 1 saturated heterocycles. The van der Waals surface area contributed by atoms with Crippen LogP contribution in [-0.4, -0.2) is 47.1 Å². The summed E-state index contributed by atoms with van der Waals surface area (Å²) < 4.78 is 0.